The van der Waals surface area contributed by atoms with Gasteiger partial charge in [-0.3, -0.25) is 15.5 Å². The number of nitrogens with zero attached hydrogens (tertiary/aromatic N) is 1. The van der Waals surface area contributed by atoms with E-state index in [2.05, 4.69) is 6.58 Å². The molecule has 2 N–H and O–H groups in total. The predicted molar refractivity (Wildman–Crippen MR) is 52.2 cm³/mol. The largest absolute Gasteiger partial charge is 0.293 e. The van der Waals surface area contributed by atoms with Crippen molar-refractivity contribution >= 4 is 5.78 Å². The quantitative estimate of drug-likeness (QED) is 0.395. The summed E-state index contributed by atoms with van der Waals surface area (Å²) < 4.78 is 0. The van der Waals surface area contributed by atoms with Crippen LogP contribution in [0.5, 0.6) is 0 Å². The lowest BCUT2D eigenvalue weighted by atomic mass is 9.97. The fraction of sp³-hybridized carbons (Fsp3) is 0.400. The molecule has 0 unspecified atom stereocenters. The van der Waals surface area contributed by atoms with Crippen LogP contribution in [0.25, 0.3) is 0 Å². The Labute approximate surface area is 83.5 Å². The van der Waals surface area contributed by atoms with Crippen LogP contribution in [0, 0.1) is 17.2 Å². The molecule has 4 heteroatoms. The van der Waals surface area contributed by atoms with E-state index in [4.69, 9.17) is 10.5 Å². The molecular weight excluding hydrogens is 180 g/mol. The summed E-state index contributed by atoms with van der Waals surface area (Å²) in [7, 11) is 0. The van der Waals surface area contributed by atoms with Crippen LogP contribution in [-0.4, -0.2) is 11.0 Å². The minimum atomic E-state index is -0.281. The zero-order chi connectivity index (χ0) is 11.1. The van der Waals surface area contributed by atoms with Gasteiger partial charge in [0, 0.05) is 19.3 Å². The smallest absolute Gasteiger partial charge is 0.177 e. The average molecular weight is 194 g/mol. The van der Waals surface area contributed by atoms with Crippen molar-refractivity contribution in [2.75, 3.05) is 0 Å². The number of carbonyl (C=O) groups excluding carboxylic acids is 1. The molecule has 0 saturated carbocycles. The summed E-state index contributed by atoms with van der Waals surface area (Å²) in [6.07, 6.45) is 1.75. The monoisotopic (exact) mass is 194 g/mol. The van der Waals surface area contributed by atoms with Crippen LogP contribution in [0.15, 0.2) is 23.9 Å². The maximum Gasteiger partial charge on any atom is 0.177 e. The van der Waals surface area contributed by atoms with Crippen LogP contribution in [0.4, 0.5) is 0 Å². The molecule has 76 valence electrons. The van der Waals surface area contributed by atoms with Gasteiger partial charge in [-0.05, 0) is 13.0 Å². The fourth-order valence-corrected chi connectivity index (χ4v) is 0.908. The van der Waals surface area contributed by atoms with Crippen molar-refractivity contribution in [3.8, 4) is 6.07 Å². The van der Waals surface area contributed by atoms with Gasteiger partial charge in [-0.1, -0.05) is 12.2 Å². The zero-order valence-electron chi connectivity index (χ0n) is 8.37. The molecule has 0 spiro atoms. The highest BCUT2D eigenvalue weighted by Crippen LogP contribution is 2.15. The fourth-order valence-electron chi connectivity index (χ4n) is 0.908. The number of rotatable bonds is 5. The van der Waals surface area contributed by atoms with Gasteiger partial charge in [0.2, 0.25) is 0 Å². The molecule has 0 aliphatic carbocycles. The molecule has 0 amide bonds. The standard InChI is InChI=1S/C10H14N2O2/c1-7(2)9(4-5-11)6-10(12-14)8(3)13/h6,9,12,14H,1,4H2,2-3H3/b10-6-/t9-/m1/s1. The minimum Gasteiger partial charge on any atom is -0.293 e. The molecule has 4 nitrogen and oxygen atoms in total. The van der Waals surface area contributed by atoms with Gasteiger partial charge in [-0.2, -0.15) is 5.26 Å². The molecule has 0 bridgehead atoms. The van der Waals surface area contributed by atoms with Gasteiger partial charge in [0.1, 0.15) is 0 Å². The van der Waals surface area contributed by atoms with Crippen molar-refractivity contribution < 1.29 is 10.0 Å². The van der Waals surface area contributed by atoms with Gasteiger partial charge in [0.05, 0.1) is 11.8 Å². The first-order valence-electron chi connectivity index (χ1n) is 4.18. The molecule has 0 rings (SSSR count). The number of nitrogens with one attached hydrogen (secondary N) is 1. The first-order chi connectivity index (χ1) is 6.52. The van der Waals surface area contributed by atoms with Crippen molar-refractivity contribution in [3.63, 3.8) is 0 Å². The number of allylic oxidation sites excluding steroid dienone is 3. The third-order valence-electron chi connectivity index (χ3n) is 1.81. The highest BCUT2D eigenvalue weighted by Gasteiger charge is 2.10. The lowest BCUT2D eigenvalue weighted by molar-refractivity contribution is -0.114. The van der Waals surface area contributed by atoms with E-state index in [1.54, 1.807) is 12.4 Å². The molecule has 1 atom stereocenters. The first kappa shape index (κ1) is 12.4. The summed E-state index contributed by atoms with van der Waals surface area (Å²) in [5.74, 6) is -0.491. The van der Waals surface area contributed by atoms with Crippen LogP contribution in [-0.2, 0) is 4.79 Å². The van der Waals surface area contributed by atoms with Crippen molar-refractivity contribution in [2.24, 2.45) is 5.92 Å². The Morgan fingerprint density at radius 3 is 2.57 bits per heavy atom. The summed E-state index contributed by atoms with van der Waals surface area (Å²) in [6, 6.07) is 1.99. The number of hydrogen-bond acceptors (Lipinski definition) is 4. The summed E-state index contributed by atoms with van der Waals surface area (Å²) in [6.45, 7) is 6.81. The lowest BCUT2D eigenvalue weighted by Crippen LogP contribution is -2.16. The molecule has 0 aromatic carbocycles. The molecule has 0 fully saturated rings. The van der Waals surface area contributed by atoms with Crippen LogP contribution in [0.1, 0.15) is 20.3 Å². The van der Waals surface area contributed by atoms with Gasteiger partial charge >= 0.3 is 0 Å². The Bertz CT molecular complexity index is 300. The normalized spacial score (nSPS) is 12.9. The Morgan fingerprint density at radius 2 is 2.29 bits per heavy atom. The molecule has 0 aromatic heterocycles. The maximum absolute atomic E-state index is 10.9. The third kappa shape index (κ3) is 3.87. The third-order valence-corrected chi connectivity index (χ3v) is 1.81. The van der Waals surface area contributed by atoms with E-state index in [1.165, 1.54) is 13.0 Å². The topological polar surface area (TPSA) is 73.1 Å². The molecule has 0 aliphatic heterocycles. The van der Waals surface area contributed by atoms with Gasteiger partial charge in [-0.25, -0.2) is 0 Å². The molecular formula is C10H14N2O2. The predicted octanol–water partition coefficient (Wildman–Crippen LogP) is 1.54. The number of carbonyl (C=O) groups is 1. The summed E-state index contributed by atoms with van der Waals surface area (Å²) in [4.78, 5) is 10.9. The average Bonchev–Trinajstić information content (AvgIpc) is 2.11. The van der Waals surface area contributed by atoms with Gasteiger partial charge < -0.3 is 0 Å². The summed E-state index contributed by atoms with van der Waals surface area (Å²) in [5, 5.41) is 17.2. The lowest BCUT2D eigenvalue weighted by Gasteiger charge is -2.10. The summed E-state index contributed by atoms with van der Waals surface area (Å²) >= 11 is 0. The summed E-state index contributed by atoms with van der Waals surface area (Å²) in [5.41, 5.74) is 2.68. The zero-order valence-corrected chi connectivity index (χ0v) is 8.37. The number of hydrogen-bond donors (Lipinski definition) is 2. The van der Waals surface area contributed by atoms with Gasteiger partial charge in [0.25, 0.3) is 0 Å². The Kier molecular flexibility index (Phi) is 5.27. The SMILES string of the molecule is C=C(C)[C@@H](/C=C(\NO)C(C)=O)CC#N. The molecule has 0 radical (unpaired) electrons. The Balaban J connectivity index is 4.77. The highest BCUT2D eigenvalue weighted by molar-refractivity contribution is 5.92. The van der Waals surface area contributed by atoms with Gasteiger partial charge in [-0.15, -0.1) is 0 Å². The van der Waals surface area contributed by atoms with Crippen molar-refractivity contribution in [2.45, 2.75) is 20.3 Å². The van der Waals surface area contributed by atoms with Crippen molar-refractivity contribution in [3.05, 3.63) is 23.9 Å². The van der Waals surface area contributed by atoms with E-state index in [0.29, 0.717) is 0 Å². The molecule has 14 heavy (non-hydrogen) atoms. The molecule has 0 aromatic rings. The molecule has 0 heterocycles. The van der Waals surface area contributed by atoms with E-state index in [1.807, 2.05) is 6.07 Å². The van der Waals surface area contributed by atoms with Crippen molar-refractivity contribution in [1.29, 1.82) is 5.26 Å². The number of ketones is 1. The second-order valence-electron chi connectivity index (χ2n) is 3.06. The van der Waals surface area contributed by atoms with Crippen LogP contribution < -0.4 is 5.48 Å². The van der Waals surface area contributed by atoms with E-state index in [0.717, 1.165) is 5.57 Å². The van der Waals surface area contributed by atoms with Crippen LogP contribution in [0.2, 0.25) is 0 Å². The van der Waals surface area contributed by atoms with E-state index in [9.17, 15) is 4.79 Å². The second-order valence-corrected chi connectivity index (χ2v) is 3.06. The van der Waals surface area contributed by atoms with E-state index < -0.39 is 0 Å². The number of hydroxylamine groups is 1. The number of Topliss-reactive ketones (excluding diaryl/α,β-unsaturated/α-hetero) is 1. The van der Waals surface area contributed by atoms with Crippen molar-refractivity contribution in [1.82, 2.24) is 5.48 Å². The van der Waals surface area contributed by atoms with Crippen LogP contribution >= 0.6 is 0 Å². The van der Waals surface area contributed by atoms with E-state index >= 15 is 0 Å². The molecule has 0 saturated heterocycles. The molecule has 0 aliphatic rings. The minimum absolute atomic E-state index is 0.0910. The highest BCUT2D eigenvalue weighted by atomic mass is 16.5. The Morgan fingerprint density at radius 1 is 1.71 bits per heavy atom. The maximum atomic E-state index is 10.9. The Hall–Kier alpha value is -1.60. The van der Waals surface area contributed by atoms with E-state index in [-0.39, 0.29) is 23.8 Å². The number of nitriles is 1. The van der Waals surface area contributed by atoms with Crippen LogP contribution in [0.3, 0.4) is 0 Å². The van der Waals surface area contributed by atoms with Gasteiger partial charge in [0.15, 0.2) is 5.78 Å². The second kappa shape index (κ2) is 5.95. The first-order valence-corrected chi connectivity index (χ1v) is 4.18.